The summed E-state index contributed by atoms with van der Waals surface area (Å²) in [6.45, 7) is 14.4. The van der Waals surface area contributed by atoms with Gasteiger partial charge >= 0.3 is 0 Å². The molecule has 0 spiro atoms. The summed E-state index contributed by atoms with van der Waals surface area (Å²) in [6.07, 6.45) is 0. The first-order valence-electron chi connectivity index (χ1n) is 19.3. The van der Waals surface area contributed by atoms with Crippen LogP contribution in [0.1, 0.15) is 61.1 Å². The van der Waals surface area contributed by atoms with E-state index in [-0.39, 0.29) is 17.5 Å². The zero-order chi connectivity index (χ0) is 36.7. The van der Waals surface area contributed by atoms with Gasteiger partial charge in [-0.25, -0.2) is 0 Å². The fourth-order valence-electron chi connectivity index (χ4n) is 10.5. The van der Waals surface area contributed by atoms with Crippen molar-refractivity contribution in [2.75, 3.05) is 14.7 Å². The van der Waals surface area contributed by atoms with E-state index in [0.29, 0.717) is 0 Å². The topological polar surface area (TPSA) is 9.72 Å². The van der Waals surface area contributed by atoms with Crippen LogP contribution in [-0.2, 0) is 10.8 Å². The maximum atomic E-state index is 2.64. The van der Waals surface area contributed by atoms with Gasteiger partial charge in [0.05, 0.1) is 17.1 Å². The molecule has 0 saturated heterocycles. The molecule has 4 aliphatic rings. The number of hydrogen-bond acceptors (Lipinski definition) is 3. The molecule has 4 aliphatic heterocycles. The SMILES string of the molecule is Cc1ccc2c(c1)B1c3cc(C)ccc3N3c4ccccc4C(C)(C)c4c3c1c1c(c4N(c3ccccc3)c3ccccc3)C(C)(C)c3ccccc3N21. The molecule has 0 fully saturated rings. The molecule has 0 N–H and O–H groups in total. The van der Waals surface area contributed by atoms with Gasteiger partial charge in [-0.05, 0) is 89.9 Å². The molecule has 0 amide bonds. The lowest BCUT2D eigenvalue weighted by Crippen LogP contribution is -2.63. The van der Waals surface area contributed by atoms with Crippen LogP contribution >= 0.6 is 0 Å². The highest BCUT2D eigenvalue weighted by atomic mass is 15.2. The zero-order valence-corrected chi connectivity index (χ0v) is 31.8. The molecule has 0 saturated carbocycles. The molecule has 11 rings (SSSR count). The van der Waals surface area contributed by atoms with Gasteiger partial charge in [0.25, 0.3) is 6.71 Å². The summed E-state index contributed by atoms with van der Waals surface area (Å²) >= 11 is 0. The van der Waals surface area contributed by atoms with Crippen molar-refractivity contribution in [1.82, 2.24) is 0 Å². The number of fused-ring (bicyclic) bond motifs is 10. The Balaban J connectivity index is 1.42. The first-order chi connectivity index (χ1) is 26.2. The van der Waals surface area contributed by atoms with Gasteiger partial charge in [-0.15, -0.1) is 0 Å². The van der Waals surface area contributed by atoms with E-state index >= 15 is 0 Å². The van der Waals surface area contributed by atoms with Crippen LogP contribution in [0.5, 0.6) is 0 Å². The predicted molar refractivity (Wildman–Crippen MR) is 229 cm³/mol. The molecule has 54 heavy (non-hydrogen) atoms. The monoisotopic (exact) mass is 695 g/mol. The summed E-state index contributed by atoms with van der Waals surface area (Å²) in [5.41, 5.74) is 22.8. The summed E-state index contributed by atoms with van der Waals surface area (Å²) in [7, 11) is 0. The first-order valence-corrected chi connectivity index (χ1v) is 19.3. The fraction of sp³-hybridized carbons (Fsp3) is 0.160. The number of anilines is 9. The van der Waals surface area contributed by atoms with Crippen LogP contribution in [0, 0.1) is 13.8 Å². The number of aryl methyl sites for hydroxylation is 2. The largest absolute Gasteiger partial charge is 0.311 e. The van der Waals surface area contributed by atoms with Gasteiger partial charge in [0.2, 0.25) is 0 Å². The molecule has 7 aromatic carbocycles. The van der Waals surface area contributed by atoms with E-state index in [9.17, 15) is 0 Å². The van der Waals surface area contributed by atoms with E-state index in [2.05, 4.69) is 202 Å². The van der Waals surface area contributed by atoms with Crippen molar-refractivity contribution in [3.05, 3.63) is 179 Å². The van der Waals surface area contributed by atoms with Crippen LogP contribution in [0.2, 0.25) is 0 Å². The molecule has 4 heteroatoms. The fourth-order valence-corrected chi connectivity index (χ4v) is 10.5. The highest BCUT2D eigenvalue weighted by Gasteiger charge is 2.55. The van der Waals surface area contributed by atoms with Crippen molar-refractivity contribution in [3.63, 3.8) is 0 Å². The second-order valence-corrected chi connectivity index (χ2v) is 16.7. The molecular formula is C50H42BN3. The number of para-hydroxylation sites is 4. The molecule has 0 aromatic heterocycles. The van der Waals surface area contributed by atoms with Crippen LogP contribution in [0.3, 0.4) is 0 Å². The lowest BCUT2D eigenvalue weighted by Gasteiger charge is -2.55. The summed E-state index contributed by atoms with van der Waals surface area (Å²) in [5.74, 6) is 0. The van der Waals surface area contributed by atoms with Gasteiger partial charge in [-0.1, -0.05) is 136 Å². The van der Waals surface area contributed by atoms with Crippen molar-refractivity contribution >= 4 is 74.3 Å². The smallest absolute Gasteiger partial charge is 0.252 e. The van der Waals surface area contributed by atoms with Crippen LogP contribution in [0.15, 0.2) is 146 Å². The minimum Gasteiger partial charge on any atom is -0.311 e. The molecule has 7 aromatic rings. The molecule has 260 valence electrons. The van der Waals surface area contributed by atoms with Crippen molar-refractivity contribution in [2.45, 2.75) is 52.4 Å². The lowest BCUT2D eigenvalue weighted by molar-refractivity contribution is 0.610. The molecular weight excluding hydrogens is 653 g/mol. The van der Waals surface area contributed by atoms with E-state index in [1.54, 1.807) is 0 Å². The molecule has 0 atom stereocenters. The van der Waals surface area contributed by atoms with E-state index in [0.717, 1.165) is 11.4 Å². The van der Waals surface area contributed by atoms with Crippen LogP contribution < -0.4 is 31.1 Å². The average molecular weight is 696 g/mol. The Morgan fingerprint density at radius 2 is 0.870 bits per heavy atom. The van der Waals surface area contributed by atoms with E-state index < -0.39 is 0 Å². The van der Waals surface area contributed by atoms with Crippen molar-refractivity contribution < 1.29 is 0 Å². The molecule has 4 heterocycles. The Bertz CT molecular complexity index is 2530. The van der Waals surface area contributed by atoms with Gasteiger partial charge < -0.3 is 14.7 Å². The second-order valence-electron chi connectivity index (χ2n) is 16.7. The number of hydrogen-bond donors (Lipinski definition) is 0. The third kappa shape index (κ3) is 3.93. The number of benzene rings is 7. The van der Waals surface area contributed by atoms with Crippen LogP contribution in [0.4, 0.5) is 51.2 Å². The highest BCUT2D eigenvalue weighted by Crippen LogP contribution is 2.64. The summed E-state index contributed by atoms with van der Waals surface area (Å²) < 4.78 is 0. The van der Waals surface area contributed by atoms with Crippen molar-refractivity contribution in [3.8, 4) is 0 Å². The second kappa shape index (κ2) is 10.8. The maximum Gasteiger partial charge on any atom is 0.252 e. The van der Waals surface area contributed by atoms with Crippen LogP contribution in [0.25, 0.3) is 0 Å². The van der Waals surface area contributed by atoms with Crippen molar-refractivity contribution in [1.29, 1.82) is 0 Å². The Morgan fingerprint density at radius 3 is 1.31 bits per heavy atom. The Labute approximate surface area is 319 Å². The van der Waals surface area contributed by atoms with Gasteiger partial charge in [-0.2, -0.15) is 0 Å². The van der Waals surface area contributed by atoms with Gasteiger partial charge in [0.15, 0.2) is 0 Å². The molecule has 0 unspecified atom stereocenters. The van der Waals surface area contributed by atoms with Gasteiger partial charge in [0.1, 0.15) is 0 Å². The third-order valence-electron chi connectivity index (χ3n) is 12.8. The Hall–Kier alpha value is -6.00. The predicted octanol–water partition coefficient (Wildman–Crippen LogP) is 11.1. The van der Waals surface area contributed by atoms with Crippen LogP contribution in [-0.4, -0.2) is 6.71 Å². The van der Waals surface area contributed by atoms with E-state index in [1.807, 2.05) is 0 Å². The summed E-state index contributed by atoms with van der Waals surface area (Å²) in [6, 6.07) is 54.7. The quantitative estimate of drug-likeness (QED) is 0.170. The van der Waals surface area contributed by atoms with Crippen molar-refractivity contribution in [2.24, 2.45) is 0 Å². The maximum absolute atomic E-state index is 2.64. The lowest BCUT2D eigenvalue weighted by atomic mass is 9.32. The Kier molecular flexibility index (Phi) is 6.30. The third-order valence-corrected chi connectivity index (χ3v) is 12.8. The summed E-state index contributed by atoms with van der Waals surface area (Å²) in [5, 5.41) is 0. The van der Waals surface area contributed by atoms with E-state index in [4.69, 9.17) is 0 Å². The van der Waals surface area contributed by atoms with E-state index in [1.165, 1.54) is 89.6 Å². The first kappa shape index (κ1) is 31.5. The number of rotatable bonds is 3. The minimum absolute atomic E-state index is 0.0721. The standard InChI is InChI=1S/C50H42BN3/c1-31-25-27-41-37(29-31)51-38-30-32(2)26-28-42(38)54-40-24-16-14-22-36(40)50(5,6)44-46(52(33-17-9-7-10-18-33)34-19-11-8-12-20-34)43-47(45(51)48(44)54)53(41)39-23-15-13-21-35(39)49(43,3)4/h7-30H,1-6H3. The normalized spacial score (nSPS) is 15.8. The summed E-state index contributed by atoms with van der Waals surface area (Å²) in [4.78, 5) is 7.86. The number of nitrogens with zero attached hydrogens (tertiary/aromatic N) is 3. The molecule has 0 bridgehead atoms. The Morgan fingerprint density at radius 1 is 0.463 bits per heavy atom. The van der Waals surface area contributed by atoms with Gasteiger partial charge in [-0.3, -0.25) is 0 Å². The highest BCUT2D eigenvalue weighted by molar-refractivity contribution is 7.00. The zero-order valence-electron chi connectivity index (χ0n) is 31.8. The minimum atomic E-state index is -0.345. The molecule has 3 nitrogen and oxygen atoms in total. The molecule has 0 radical (unpaired) electrons. The molecule has 0 aliphatic carbocycles. The van der Waals surface area contributed by atoms with Gasteiger partial charge in [0, 0.05) is 56.1 Å². The average Bonchev–Trinajstić information content (AvgIpc) is 3.18.